The lowest BCUT2D eigenvalue weighted by atomic mass is 10.1. The Hall–Kier alpha value is -3.87. The van der Waals surface area contributed by atoms with E-state index in [1.54, 1.807) is 62.3 Å². The summed E-state index contributed by atoms with van der Waals surface area (Å²) in [5.41, 5.74) is -1.72. The zero-order valence-corrected chi connectivity index (χ0v) is 28.1. The van der Waals surface area contributed by atoms with Crippen LogP contribution in [0.2, 0.25) is 0 Å². The fourth-order valence-corrected chi connectivity index (χ4v) is 3.77. The van der Waals surface area contributed by atoms with E-state index in [1.807, 2.05) is 30.3 Å². The molecule has 0 aliphatic heterocycles. The van der Waals surface area contributed by atoms with Crippen LogP contribution in [0.15, 0.2) is 30.3 Å². The molecule has 3 amide bonds. The molecule has 0 fully saturated rings. The van der Waals surface area contributed by atoms with Gasteiger partial charge >= 0.3 is 30.0 Å². The predicted octanol–water partition coefficient (Wildman–Crippen LogP) is 5.03. The molecule has 3 N–H and O–H groups in total. The Morgan fingerprint density at radius 3 is 1.89 bits per heavy atom. The topological polar surface area (TPSA) is 170 Å². The molecule has 45 heavy (non-hydrogen) atoms. The van der Waals surface area contributed by atoms with E-state index in [9.17, 15) is 29.2 Å². The summed E-state index contributed by atoms with van der Waals surface area (Å²) in [6.45, 7) is 15.3. The smallest absolute Gasteiger partial charge is 0.407 e. The van der Waals surface area contributed by atoms with E-state index in [4.69, 9.17) is 18.9 Å². The Morgan fingerprint density at radius 1 is 0.778 bits per heavy atom. The van der Waals surface area contributed by atoms with Crippen molar-refractivity contribution in [3.05, 3.63) is 35.9 Å². The van der Waals surface area contributed by atoms with Gasteiger partial charge in [0, 0.05) is 13.0 Å². The van der Waals surface area contributed by atoms with E-state index >= 15 is 0 Å². The quantitative estimate of drug-likeness (QED) is 0.0827. The third-order valence-electron chi connectivity index (χ3n) is 5.61. The van der Waals surface area contributed by atoms with Crippen molar-refractivity contribution in [3.63, 3.8) is 0 Å². The Bertz CT molecular complexity index is 1120. The molecular formula is C32H51N3O10. The summed E-state index contributed by atoms with van der Waals surface area (Å²) in [5.74, 6) is -2.28. The Balaban J connectivity index is 2.87. The highest BCUT2D eigenvalue weighted by molar-refractivity contribution is 5.87. The van der Waals surface area contributed by atoms with E-state index in [0.29, 0.717) is 12.8 Å². The number of ether oxygens (including phenoxy) is 4. The molecule has 13 heteroatoms. The number of carbonyl (C=O) groups is 5. The fourth-order valence-electron chi connectivity index (χ4n) is 3.77. The van der Waals surface area contributed by atoms with Crippen molar-refractivity contribution < 1.29 is 48.1 Å². The van der Waals surface area contributed by atoms with E-state index in [-0.39, 0.29) is 37.5 Å². The van der Waals surface area contributed by atoms with Crippen LogP contribution in [0.1, 0.15) is 100.0 Å². The monoisotopic (exact) mass is 637 g/mol. The van der Waals surface area contributed by atoms with Crippen LogP contribution in [0.25, 0.3) is 0 Å². The van der Waals surface area contributed by atoms with Crippen molar-refractivity contribution in [2.24, 2.45) is 0 Å². The summed E-state index contributed by atoms with van der Waals surface area (Å²) >= 11 is 0. The number of nitrogens with zero attached hydrogens (tertiary/aromatic N) is 1. The molecule has 0 radical (unpaired) electrons. The molecule has 0 bridgehead atoms. The first kappa shape index (κ1) is 39.2. The number of hydrogen-bond donors (Lipinski definition) is 3. The standard InChI is InChI=1S/C32H51N3O10/c1-30(2,3)43-25(36)19-18-23(26(37)44-31(4,5)6)34-28(39)35(41)24(27(38)45-32(7,8)9)17-13-14-20-33-29(40)42-21-22-15-11-10-12-16-22/h10-12,15-16,23-24,41H,13-14,17-21H2,1-9H3,(H,33,40)(H,34,39). The normalized spacial score (nSPS) is 13.1. The van der Waals surface area contributed by atoms with Gasteiger partial charge in [-0.2, -0.15) is 5.06 Å². The van der Waals surface area contributed by atoms with Crippen molar-refractivity contribution in [2.45, 2.75) is 130 Å². The zero-order chi connectivity index (χ0) is 34.4. The maximum atomic E-state index is 13.1. The minimum absolute atomic E-state index is 0.0193. The van der Waals surface area contributed by atoms with Crippen molar-refractivity contribution in [3.8, 4) is 0 Å². The first-order valence-electron chi connectivity index (χ1n) is 15.1. The second-order valence-electron chi connectivity index (χ2n) is 13.5. The highest BCUT2D eigenvalue weighted by atomic mass is 16.6. The molecule has 2 unspecified atom stereocenters. The van der Waals surface area contributed by atoms with Crippen molar-refractivity contribution in [2.75, 3.05) is 6.54 Å². The number of unbranched alkanes of at least 4 members (excludes halogenated alkanes) is 1. The van der Waals surface area contributed by atoms with Gasteiger partial charge in [0.2, 0.25) is 0 Å². The zero-order valence-electron chi connectivity index (χ0n) is 28.1. The van der Waals surface area contributed by atoms with Gasteiger partial charge in [0.15, 0.2) is 6.04 Å². The SMILES string of the molecule is CC(C)(C)OC(=O)CCC(NC(=O)N(O)C(CCCCNC(=O)OCc1ccccc1)C(=O)OC(C)(C)C)C(=O)OC(C)(C)C. The number of hydroxylamine groups is 2. The molecule has 1 aromatic rings. The van der Waals surface area contributed by atoms with Gasteiger partial charge in [0.05, 0.1) is 0 Å². The number of benzene rings is 1. The van der Waals surface area contributed by atoms with E-state index in [0.717, 1.165) is 5.56 Å². The molecule has 0 saturated carbocycles. The number of amides is 3. The second kappa shape index (κ2) is 17.6. The number of nitrogens with one attached hydrogen (secondary N) is 2. The summed E-state index contributed by atoms with van der Waals surface area (Å²) in [6, 6.07) is 5.28. The number of alkyl carbamates (subject to hydrolysis) is 1. The van der Waals surface area contributed by atoms with Crippen LogP contribution >= 0.6 is 0 Å². The summed E-state index contributed by atoms with van der Waals surface area (Å²) in [7, 11) is 0. The number of carbonyl (C=O) groups excluding carboxylic acids is 5. The third-order valence-corrected chi connectivity index (χ3v) is 5.61. The Kier molecular flexibility index (Phi) is 15.3. The minimum Gasteiger partial charge on any atom is -0.460 e. The van der Waals surface area contributed by atoms with Crippen molar-refractivity contribution >= 4 is 30.0 Å². The largest absolute Gasteiger partial charge is 0.460 e. The average molecular weight is 638 g/mol. The summed E-state index contributed by atoms with van der Waals surface area (Å²) in [4.78, 5) is 63.3. The molecule has 0 aliphatic rings. The number of rotatable bonds is 14. The minimum atomic E-state index is -1.43. The molecule has 254 valence electrons. The maximum Gasteiger partial charge on any atom is 0.407 e. The van der Waals surface area contributed by atoms with Crippen LogP contribution in [0, 0.1) is 0 Å². The number of urea groups is 1. The number of hydrogen-bond acceptors (Lipinski definition) is 10. The van der Waals surface area contributed by atoms with Crippen LogP contribution < -0.4 is 10.6 Å². The average Bonchev–Trinajstić information content (AvgIpc) is 2.88. The first-order valence-corrected chi connectivity index (χ1v) is 15.1. The van der Waals surface area contributed by atoms with Gasteiger partial charge in [-0.15, -0.1) is 0 Å². The van der Waals surface area contributed by atoms with Crippen LogP contribution in [0.3, 0.4) is 0 Å². The molecular weight excluding hydrogens is 586 g/mol. The highest BCUT2D eigenvalue weighted by Crippen LogP contribution is 2.17. The van der Waals surface area contributed by atoms with Gasteiger partial charge in [0.1, 0.15) is 29.5 Å². The lowest BCUT2D eigenvalue weighted by molar-refractivity contribution is -0.174. The van der Waals surface area contributed by atoms with Crippen LogP contribution in [-0.4, -0.2) is 75.7 Å². The second-order valence-corrected chi connectivity index (χ2v) is 13.5. The van der Waals surface area contributed by atoms with E-state index in [1.165, 1.54) is 0 Å². The predicted molar refractivity (Wildman–Crippen MR) is 165 cm³/mol. The highest BCUT2D eigenvalue weighted by Gasteiger charge is 2.35. The molecule has 0 heterocycles. The third kappa shape index (κ3) is 17.9. The first-order chi connectivity index (χ1) is 20.7. The molecule has 0 saturated heterocycles. The van der Waals surface area contributed by atoms with Crippen molar-refractivity contribution in [1.82, 2.24) is 15.7 Å². The fraction of sp³-hybridized carbons (Fsp3) is 0.656. The molecule has 2 atom stereocenters. The van der Waals surface area contributed by atoms with Crippen LogP contribution in [-0.2, 0) is 39.9 Å². The van der Waals surface area contributed by atoms with Gasteiger partial charge in [0.25, 0.3) is 0 Å². The van der Waals surface area contributed by atoms with E-state index in [2.05, 4.69) is 10.6 Å². The molecule has 1 rings (SSSR count). The lowest BCUT2D eigenvalue weighted by Crippen LogP contribution is -2.54. The lowest BCUT2D eigenvalue weighted by Gasteiger charge is -2.30. The van der Waals surface area contributed by atoms with Crippen molar-refractivity contribution in [1.29, 1.82) is 0 Å². The Morgan fingerprint density at radius 2 is 1.33 bits per heavy atom. The van der Waals surface area contributed by atoms with Gasteiger partial charge in [-0.3, -0.25) is 10.0 Å². The summed E-state index contributed by atoms with van der Waals surface area (Å²) in [6.07, 6.45) is -0.317. The van der Waals surface area contributed by atoms with Crippen LogP contribution in [0.5, 0.6) is 0 Å². The van der Waals surface area contributed by atoms with Gasteiger partial charge in [-0.1, -0.05) is 30.3 Å². The van der Waals surface area contributed by atoms with Gasteiger partial charge in [-0.05, 0) is 93.6 Å². The number of esters is 3. The summed E-state index contributed by atoms with van der Waals surface area (Å²) in [5, 5.41) is 16.0. The Labute approximate surface area is 266 Å². The van der Waals surface area contributed by atoms with Gasteiger partial charge < -0.3 is 29.6 Å². The van der Waals surface area contributed by atoms with Crippen LogP contribution in [0.4, 0.5) is 9.59 Å². The maximum absolute atomic E-state index is 13.1. The molecule has 13 nitrogen and oxygen atoms in total. The molecule has 0 spiro atoms. The van der Waals surface area contributed by atoms with E-state index < -0.39 is 58.9 Å². The molecule has 1 aromatic carbocycles. The molecule has 0 aromatic heterocycles. The van der Waals surface area contributed by atoms with Gasteiger partial charge in [-0.25, -0.2) is 19.2 Å². The summed E-state index contributed by atoms with van der Waals surface area (Å²) < 4.78 is 21.3. The molecule has 0 aliphatic carbocycles.